The summed E-state index contributed by atoms with van der Waals surface area (Å²) in [6.45, 7) is 0.0376. The van der Waals surface area contributed by atoms with Crippen LogP contribution >= 0.6 is 0 Å². The fourth-order valence-electron chi connectivity index (χ4n) is 2.43. The van der Waals surface area contributed by atoms with Crippen LogP contribution in [0.2, 0.25) is 0 Å². The number of hydrogen-bond acceptors (Lipinski definition) is 4. The van der Waals surface area contributed by atoms with Crippen molar-refractivity contribution in [2.24, 2.45) is 0 Å². The van der Waals surface area contributed by atoms with Crippen molar-refractivity contribution in [3.05, 3.63) is 48.2 Å². The second kappa shape index (κ2) is 4.86. The van der Waals surface area contributed by atoms with Crippen LogP contribution in [0.1, 0.15) is 18.4 Å². The van der Waals surface area contributed by atoms with Crippen molar-refractivity contribution in [3.8, 4) is 11.3 Å². The average molecular weight is 280 g/mol. The molecule has 1 fully saturated rings. The lowest BCUT2D eigenvalue weighted by atomic mass is 10.1. The van der Waals surface area contributed by atoms with Crippen molar-refractivity contribution in [1.82, 2.24) is 14.6 Å². The molecule has 0 unspecified atom stereocenters. The van der Waals surface area contributed by atoms with Gasteiger partial charge >= 0.3 is 0 Å². The minimum atomic E-state index is 0.0376. The van der Waals surface area contributed by atoms with Crippen LogP contribution in [0.5, 0.6) is 0 Å². The van der Waals surface area contributed by atoms with Gasteiger partial charge in [-0.2, -0.15) is 9.61 Å². The summed E-state index contributed by atoms with van der Waals surface area (Å²) < 4.78 is 1.83. The molecule has 3 aromatic rings. The minimum absolute atomic E-state index is 0.0376. The van der Waals surface area contributed by atoms with Gasteiger partial charge in [-0.15, -0.1) is 0 Å². The van der Waals surface area contributed by atoms with Crippen molar-refractivity contribution in [2.45, 2.75) is 25.5 Å². The number of nitrogens with one attached hydrogen (secondary N) is 1. The van der Waals surface area contributed by atoms with Gasteiger partial charge in [-0.05, 0) is 24.5 Å². The van der Waals surface area contributed by atoms with Gasteiger partial charge in [0.25, 0.3) is 0 Å². The molecule has 1 aliphatic rings. The van der Waals surface area contributed by atoms with E-state index in [0.29, 0.717) is 6.04 Å². The molecule has 1 aromatic carbocycles. The number of fused-ring (bicyclic) bond motifs is 1. The fraction of sp³-hybridized carbons (Fsp3) is 0.250. The third-order valence-electron chi connectivity index (χ3n) is 3.69. The summed E-state index contributed by atoms with van der Waals surface area (Å²) in [4.78, 5) is 4.65. The quantitative estimate of drug-likeness (QED) is 0.770. The lowest BCUT2D eigenvalue weighted by Crippen LogP contribution is -2.08. The van der Waals surface area contributed by atoms with E-state index >= 15 is 0 Å². The Bertz CT molecular complexity index is 792. The molecule has 2 N–H and O–H groups in total. The number of hydrogen-bond donors (Lipinski definition) is 2. The lowest BCUT2D eigenvalue weighted by molar-refractivity contribution is 0.282. The van der Waals surface area contributed by atoms with Crippen LogP contribution in [0.3, 0.4) is 0 Å². The molecule has 4 rings (SSSR count). The molecule has 0 atom stereocenters. The molecule has 2 aromatic heterocycles. The Morgan fingerprint density at radius 3 is 2.95 bits per heavy atom. The first-order chi connectivity index (χ1) is 10.3. The van der Waals surface area contributed by atoms with Gasteiger partial charge in [0.15, 0.2) is 5.65 Å². The first kappa shape index (κ1) is 12.3. The SMILES string of the molecule is OCc1cccc(-c2cc(NC3CC3)n3nccc3n2)c1. The van der Waals surface area contributed by atoms with E-state index in [1.165, 1.54) is 12.8 Å². The molecule has 0 aliphatic heterocycles. The summed E-state index contributed by atoms with van der Waals surface area (Å²) in [6, 6.07) is 12.3. The average Bonchev–Trinajstić information content (AvgIpc) is 3.21. The fourth-order valence-corrected chi connectivity index (χ4v) is 2.43. The van der Waals surface area contributed by atoms with Crippen LogP contribution in [0.4, 0.5) is 5.82 Å². The summed E-state index contributed by atoms with van der Waals surface area (Å²) in [5.41, 5.74) is 3.61. The van der Waals surface area contributed by atoms with Gasteiger partial charge in [0.2, 0.25) is 0 Å². The second-order valence-corrected chi connectivity index (χ2v) is 5.40. The first-order valence-electron chi connectivity index (χ1n) is 7.15. The molecule has 1 saturated carbocycles. The van der Waals surface area contributed by atoms with Crippen molar-refractivity contribution >= 4 is 11.5 Å². The molecule has 5 nitrogen and oxygen atoms in total. The molecule has 5 heteroatoms. The number of aliphatic hydroxyl groups is 1. The van der Waals surface area contributed by atoms with Crippen LogP contribution in [-0.4, -0.2) is 25.7 Å². The monoisotopic (exact) mass is 280 g/mol. The Labute approximate surface area is 122 Å². The van der Waals surface area contributed by atoms with E-state index in [4.69, 9.17) is 0 Å². The normalized spacial score (nSPS) is 14.5. The lowest BCUT2D eigenvalue weighted by Gasteiger charge is -2.10. The largest absolute Gasteiger partial charge is 0.392 e. The molecule has 0 radical (unpaired) electrons. The zero-order valence-electron chi connectivity index (χ0n) is 11.5. The summed E-state index contributed by atoms with van der Waals surface area (Å²) in [6.07, 6.45) is 4.18. The van der Waals surface area contributed by atoms with Gasteiger partial charge in [0, 0.05) is 23.7 Å². The van der Waals surface area contributed by atoms with Gasteiger partial charge in [-0.25, -0.2) is 4.98 Å². The number of aliphatic hydroxyl groups excluding tert-OH is 1. The maximum absolute atomic E-state index is 9.28. The van der Waals surface area contributed by atoms with E-state index in [2.05, 4.69) is 15.4 Å². The number of nitrogens with zero attached hydrogens (tertiary/aromatic N) is 3. The van der Waals surface area contributed by atoms with Crippen LogP contribution < -0.4 is 5.32 Å². The topological polar surface area (TPSA) is 62.5 Å². The molecule has 0 spiro atoms. The van der Waals surface area contributed by atoms with E-state index in [9.17, 15) is 5.11 Å². The van der Waals surface area contributed by atoms with E-state index in [1.807, 2.05) is 40.9 Å². The van der Waals surface area contributed by atoms with Crippen LogP contribution in [0.15, 0.2) is 42.6 Å². The number of rotatable bonds is 4. The van der Waals surface area contributed by atoms with E-state index in [-0.39, 0.29) is 6.61 Å². The van der Waals surface area contributed by atoms with E-state index in [0.717, 1.165) is 28.3 Å². The maximum atomic E-state index is 9.28. The second-order valence-electron chi connectivity index (χ2n) is 5.40. The highest BCUT2D eigenvalue weighted by molar-refractivity contribution is 5.67. The third kappa shape index (κ3) is 2.36. The highest BCUT2D eigenvalue weighted by Crippen LogP contribution is 2.28. The Morgan fingerprint density at radius 2 is 2.14 bits per heavy atom. The third-order valence-corrected chi connectivity index (χ3v) is 3.69. The highest BCUT2D eigenvalue weighted by atomic mass is 16.3. The van der Waals surface area contributed by atoms with Gasteiger partial charge in [0.05, 0.1) is 18.5 Å². The molecule has 21 heavy (non-hydrogen) atoms. The molecule has 1 aliphatic carbocycles. The van der Waals surface area contributed by atoms with Crippen LogP contribution in [0, 0.1) is 0 Å². The zero-order chi connectivity index (χ0) is 14.2. The predicted octanol–water partition coefficient (Wildman–Crippen LogP) is 2.46. The zero-order valence-corrected chi connectivity index (χ0v) is 11.5. The number of anilines is 1. The minimum Gasteiger partial charge on any atom is -0.392 e. The smallest absolute Gasteiger partial charge is 0.157 e. The van der Waals surface area contributed by atoms with E-state index < -0.39 is 0 Å². The first-order valence-corrected chi connectivity index (χ1v) is 7.15. The van der Waals surface area contributed by atoms with Gasteiger partial charge < -0.3 is 10.4 Å². The number of aromatic nitrogens is 3. The molecule has 2 heterocycles. The summed E-state index contributed by atoms with van der Waals surface area (Å²) in [7, 11) is 0. The predicted molar refractivity (Wildman–Crippen MR) is 81.0 cm³/mol. The highest BCUT2D eigenvalue weighted by Gasteiger charge is 2.22. The van der Waals surface area contributed by atoms with Crippen molar-refractivity contribution in [2.75, 3.05) is 5.32 Å². The number of benzene rings is 1. The Morgan fingerprint density at radius 1 is 1.24 bits per heavy atom. The Balaban J connectivity index is 1.83. The maximum Gasteiger partial charge on any atom is 0.157 e. The van der Waals surface area contributed by atoms with Crippen LogP contribution in [-0.2, 0) is 6.61 Å². The van der Waals surface area contributed by atoms with Crippen molar-refractivity contribution < 1.29 is 5.11 Å². The summed E-state index contributed by atoms with van der Waals surface area (Å²) in [5.74, 6) is 0.969. The Hall–Kier alpha value is -2.40. The summed E-state index contributed by atoms with van der Waals surface area (Å²) in [5, 5.41) is 17.1. The molecular formula is C16H16N4O. The molecule has 106 valence electrons. The van der Waals surface area contributed by atoms with Gasteiger partial charge in [-0.1, -0.05) is 18.2 Å². The Kier molecular flexibility index (Phi) is 2.86. The van der Waals surface area contributed by atoms with E-state index in [1.54, 1.807) is 6.20 Å². The van der Waals surface area contributed by atoms with Crippen molar-refractivity contribution in [1.29, 1.82) is 0 Å². The molecule has 0 bridgehead atoms. The molecular weight excluding hydrogens is 264 g/mol. The standard InChI is InChI=1S/C16H16N4O/c21-10-11-2-1-3-12(8-11)14-9-16(18-13-4-5-13)20-15(19-14)6-7-17-20/h1-3,6-9,13,18,21H,4-5,10H2. The van der Waals surface area contributed by atoms with Crippen LogP contribution in [0.25, 0.3) is 16.9 Å². The van der Waals surface area contributed by atoms with Gasteiger partial charge in [-0.3, -0.25) is 0 Å². The molecule has 0 amide bonds. The summed E-state index contributed by atoms with van der Waals surface area (Å²) >= 11 is 0. The van der Waals surface area contributed by atoms with Crippen molar-refractivity contribution in [3.63, 3.8) is 0 Å². The van der Waals surface area contributed by atoms with Gasteiger partial charge in [0.1, 0.15) is 5.82 Å². The molecule has 0 saturated heterocycles.